The second-order valence-electron chi connectivity index (χ2n) is 34.3. The van der Waals surface area contributed by atoms with Crippen LogP contribution in [0.4, 0.5) is 15.0 Å². The van der Waals surface area contributed by atoms with Crippen molar-refractivity contribution in [2.45, 2.75) is 211 Å². The number of benzene rings is 2. The zero-order valence-corrected chi connectivity index (χ0v) is 78.4. The number of nitrogen functional groups attached to an aromatic ring is 1. The van der Waals surface area contributed by atoms with Crippen LogP contribution in [0.3, 0.4) is 0 Å². The minimum absolute atomic E-state index is 0.00578. The molecule has 16 atom stereocenters. The molecule has 35 heteroatoms. The van der Waals surface area contributed by atoms with Crippen LogP contribution in [0.2, 0.25) is 0 Å². The fourth-order valence-electron chi connectivity index (χ4n) is 16.7. The van der Waals surface area contributed by atoms with Crippen LogP contribution in [0, 0.1) is 48.2 Å². The number of aliphatic hydroxyl groups is 3. The minimum Gasteiger partial charge on any atom is -0.491 e. The van der Waals surface area contributed by atoms with Gasteiger partial charge >= 0.3 is 12.1 Å². The molecule has 4 aliphatic heterocycles. The van der Waals surface area contributed by atoms with E-state index in [2.05, 4.69) is 15.6 Å². The van der Waals surface area contributed by atoms with Crippen molar-refractivity contribution in [3.8, 4) is 16.9 Å². The number of nitrogens with two attached hydrogens (primary N) is 1. The quantitative estimate of drug-likeness (QED) is 0.0134. The molecule has 33 nitrogen and oxygen atoms in total. The predicted molar refractivity (Wildman–Crippen MR) is 480 cm³/mol. The number of nitrogens with zero attached hydrogens (tertiary/aromatic N) is 3. The zero-order chi connectivity index (χ0) is 94.3. The molecule has 4 amide bonds. The number of carbonyl (C=O) groups excluding carboxylic acids is 7. The highest BCUT2D eigenvalue weighted by atomic mass is 32.2. The highest BCUT2D eigenvalue weighted by Crippen LogP contribution is 2.40. The normalized spacial score (nSPS) is 27.2. The van der Waals surface area contributed by atoms with Gasteiger partial charge in [-0.2, -0.15) is 0 Å². The highest BCUT2D eigenvalue weighted by Gasteiger charge is 2.53. The van der Waals surface area contributed by atoms with E-state index >= 15 is 4.39 Å². The van der Waals surface area contributed by atoms with Crippen molar-refractivity contribution >= 4 is 57.0 Å². The number of halogens is 1. The van der Waals surface area contributed by atoms with E-state index in [1.807, 2.05) is 82.3 Å². The van der Waals surface area contributed by atoms with E-state index in [1.165, 1.54) is 29.9 Å². The molecule has 0 radical (unpaired) electrons. The number of fused-ring (bicyclic) bond motifs is 4. The number of ether oxygens (including phenoxy) is 15. The number of anilines is 1. The fourth-order valence-corrected chi connectivity index (χ4v) is 18.0. The van der Waals surface area contributed by atoms with Crippen LogP contribution in [-0.4, -0.2) is 306 Å². The van der Waals surface area contributed by atoms with E-state index in [0.717, 1.165) is 28.3 Å². The van der Waals surface area contributed by atoms with Gasteiger partial charge in [-0.05, 0) is 161 Å². The molecule has 1 aromatic heterocycles. The Balaban J connectivity index is 0.645. The summed E-state index contributed by atoms with van der Waals surface area (Å²) < 4.78 is 129. The first-order valence-electron chi connectivity index (χ1n) is 45.6. The number of aromatic nitrogens is 1. The van der Waals surface area contributed by atoms with Crippen molar-refractivity contribution in [3.63, 3.8) is 0 Å². The van der Waals surface area contributed by atoms with Gasteiger partial charge in [0.15, 0.2) is 15.6 Å². The van der Waals surface area contributed by atoms with Crippen LogP contribution in [0.15, 0.2) is 101 Å². The maximum atomic E-state index is 15.8. The van der Waals surface area contributed by atoms with Crippen LogP contribution >= 0.6 is 0 Å². The Bertz CT molecular complexity index is 4310. The number of hydrogen-bond acceptors (Lipinski definition) is 29. The standard InChI is InChI=1S/C95H141FN6O27S/c1-62-17-13-12-14-18-63(2)80(115-9)58-74-24-20-68(7)95(112,129-74)90(107)92(109)102-33-16-15-19-76(102)93(110)127-81(59-77(103)64(3)54-67(6)88(106)89(117-11)87(105)66(5)53-62)65(4)55-70-21-26-79(82(56-70)116-10)128-94(111)99-31-36-119-39-41-121-43-45-123-47-49-125-51-50-124-48-46-122-44-42-120-40-38-118-35-30-85(104)98-32-52-130(113,114)83-28-25-75(69(8)86(83)96)91(108)101-34-37-126-78-27-22-71(57-73(78)61-101)72-23-29-84(97)100-60-72/h12-14,17-18,22-23,25,27-29,54,57,60,62,64-66,68,70,74,76-77,79-82,88-89,103,106,112H,15-16,19-21,24,26,30-53,55-56,58-59,61H2,1-11H3,(H2,97,100)(H,98,104)(H,99,111)/b14-12+,17-13-,63-18+,67-54+/t62-,64-,65-,66-,68-,70+,74+,76+,77-,79-,80+,81+,82-,88-,89+,95-/m1/s1. The number of carbonyl (C=O) groups is 7. The van der Waals surface area contributed by atoms with Gasteiger partial charge in [0.2, 0.25) is 11.7 Å². The molecule has 3 fully saturated rings. The van der Waals surface area contributed by atoms with Crippen molar-refractivity contribution in [1.82, 2.24) is 25.4 Å². The molecule has 3 aromatic rings. The van der Waals surface area contributed by atoms with Crippen LogP contribution in [-0.2, 0) is 107 Å². The van der Waals surface area contributed by atoms with Gasteiger partial charge in [0.05, 0.1) is 142 Å². The lowest BCUT2D eigenvalue weighted by molar-refractivity contribution is -0.265. The summed E-state index contributed by atoms with van der Waals surface area (Å²) >= 11 is 0. The predicted octanol–water partition coefficient (Wildman–Crippen LogP) is 8.95. The van der Waals surface area contributed by atoms with Gasteiger partial charge < -0.3 is 113 Å². The lowest BCUT2D eigenvalue weighted by Gasteiger charge is -2.43. The largest absolute Gasteiger partial charge is 0.491 e. The molecule has 5 aliphatic rings. The summed E-state index contributed by atoms with van der Waals surface area (Å²) in [6.45, 7) is 19.5. The molecule has 2 bridgehead atoms. The zero-order valence-electron chi connectivity index (χ0n) is 77.5. The first-order valence-corrected chi connectivity index (χ1v) is 47.3. The number of methoxy groups -OCH3 is 3. The summed E-state index contributed by atoms with van der Waals surface area (Å²) in [6, 6.07) is 10.3. The fraction of sp³-hybridized carbons (Fsp3) is 0.663. The molecule has 7 N–H and O–H groups in total. The molecule has 130 heavy (non-hydrogen) atoms. The molecule has 0 unspecified atom stereocenters. The molecule has 8 rings (SSSR count). The third-order valence-corrected chi connectivity index (χ3v) is 26.3. The summed E-state index contributed by atoms with van der Waals surface area (Å²) in [5, 5.41) is 41.2. The molecular weight excluding hydrogens is 1710 g/mol. The highest BCUT2D eigenvalue weighted by molar-refractivity contribution is 7.91. The van der Waals surface area contributed by atoms with E-state index in [0.29, 0.717) is 148 Å². The smallest absolute Gasteiger partial charge is 0.407 e. The van der Waals surface area contributed by atoms with Crippen molar-refractivity contribution in [2.75, 3.05) is 171 Å². The van der Waals surface area contributed by atoms with Crippen LogP contribution in [0.1, 0.15) is 153 Å². The molecule has 1 saturated carbocycles. The van der Waals surface area contributed by atoms with Gasteiger partial charge in [0.25, 0.3) is 17.6 Å². The molecule has 2 saturated heterocycles. The summed E-state index contributed by atoms with van der Waals surface area (Å²) in [5.41, 5.74) is 9.33. The van der Waals surface area contributed by atoms with E-state index in [9.17, 15) is 57.3 Å². The Hall–Kier alpha value is -8.08. The van der Waals surface area contributed by atoms with Crippen LogP contribution in [0.25, 0.3) is 11.1 Å². The number of cyclic esters (lactones) is 1. The van der Waals surface area contributed by atoms with Crippen molar-refractivity contribution in [3.05, 3.63) is 119 Å². The Labute approximate surface area is 764 Å². The number of ketones is 2. The van der Waals surface area contributed by atoms with E-state index < -0.39 is 146 Å². The first-order chi connectivity index (χ1) is 62.4. The number of alkyl carbamates (subject to hydrolysis) is 1. The third kappa shape index (κ3) is 33.5. The SMILES string of the molecule is CO[C@H]1C[C@@H]2CC[C@@H](C)[C@@](O)(O2)C(=O)C(=O)N2CCCC[C@H]2C(=O)O[C@H]([C@H](C)C[C@@H]2CC[C@@H](OC(=O)NCCOCCOCCOCCOCCOCCOCCOCCOCCC(=O)NCCS(=O)(=O)c3ccc(C(=O)N4CCOc5ccc(-c6ccc(N)nc6)cc5C4)c(C)c3F)[C@H](OC)C2)C[C@@H](O)[C@H](C)/C=C(\C)[C@@H](O)[C@@H](OC)C(=O)[C@H](C)C[C@H](C)\C=C/C=C/C=C/1C. The summed E-state index contributed by atoms with van der Waals surface area (Å²) in [5.74, 6) is -9.53. The van der Waals surface area contributed by atoms with Gasteiger partial charge in [-0.15, -0.1) is 0 Å². The average Bonchev–Trinajstić information content (AvgIpc) is 1.28. The van der Waals surface area contributed by atoms with Crippen molar-refractivity contribution in [2.24, 2.45) is 35.5 Å². The molecule has 726 valence electrons. The topological polar surface area (TPSA) is 422 Å². The third-order valence-electron chi connectivity index (χ3n) is 24.5. The number of aliphatic hydroxyl groups excluding tert-OH is 2. The minimum atomic E-state index is -4.19. The number of pyridine rings is 1. The lowest BCUT2D eigenvalue weighted by atomic mass is 9.78. The molecule has 0 spiro atoms. The van der Waals surface area contributed by atoms with E-state index in [-0.39, 0.29) is 127 Å². The van der Waals surface area contributed by atoms with Crippen LogP contribution in [0.5, 0.6) is 5.75 Å². The Morgan fingerprint density at radius 1 is 0.692 bits per heavy atom. The number of piperidine rings is 1. The summed E-state index contributed by atoms with van der Waals surface area (Å²) in [7, 11) is 0.309. The number of esters is 1. The Morgan fingerprint density at radius 3 is 1.97 bits per heavy atom. The van der Waals surface area contributed by atoms with Gasteiger partial charge in [0, 0.05) is 107 Å². The Kier molecular flexibility index (Phi) is 45.8. The lowest BCUT2D eigenvalue weighted by Crippen LogP contribution is -2.61. The second kappa shape index (κ2) is 55.6. The van der Waals surface area contributed by atoms with Crippen LogP contribution < -0.4 is 21.1 Å². The van der Waals surface area contributed by atoms with E-state index in [1.54, 1.807) is 53.3 Å². The monoisotopic (exact) mass is 1850 g/mol. The maximum absolute atomic E-state index is 15.8. The molecule has 5 heterocycles. The molecule has 2 aromatic carbocycles. The maximum Gasteiger partial charge on any atom is 0.407 e. The first kappa shape index (κ1) is 107. The summed E-state index contributed by atoms with van der Waals surface area (Å²) in [6.07, 6.45) is 10.3. The summed E-state index contributed by atoms with van der Waals surface area (Å²) in [4.78, 5) is 103. The molecular formula is C95H141FN6O27S. The average molecular weight is 1850 g/mol. The number of allylic oxidation sites excluding steroid dienone is 5. The van der Waals surface area contributed by atoms with Gasteiger partial charge in [-0.25, -0.2) is 27.4 Å². The van der Waals surface area contributed by atoms with Gasteiger partial charge in [0.1, 0.15) is 59.3 Å². The van der Waals surface area contributed by atoms with Crippen molar-refractivity contribution < 1.29 is 133 Å². The van der Waals surface area contributed by atoms with Gasteiger partial charge in [-0.3, -0.25) is 24.0 Å². The van der Waals surface area contributed by atoms with Crippen molar-refractivity contribution in [1.29, 1.82) is 0 Å². The Morgan fingerprint density at radius 2 is 1.34 bits per heavy atom. The second-order valence-corrected chi connectivity index (χ2v) is 36.4. The number of nitrogens with one attached hydrogen (secondary N) is 2. The number of amides is 4. The number of hydrogen-bond donors (Lipinski definition) is 6. The number of sulfone groups is 1. The van der Waals surface area contributed by atoms with Gasteiger partial charge in [-0.1, -0.05) is 77.1 Å². The van der Waals surface area contributed by atoms with E-state index in [4.69, 9.17) is 76.8 Å². The number of rotatable bonds is 40. The number of Topliss-reactive ketones (excluding diaryl/α,β-unsaturated/α-hetero) is 2. The molecule has 1 aliphatic carbocycles.